The van der Waals surface area contributed by atoms with Crippen LogP contribution in [0.15, 0.2) is 53.7 Å². The van der Waals surface area contributed by atoms with Gasteiger partial charge in [0, 0.05) is 0 Å². The van der Waals surface area contributed by atoms with Crippen molar-refractivity contribution < 1.29 is 9.53 Å². The van der Waals surface area contributed by atoms with Gasteiger partial charge in [0.15, 0.2) is 0 Å². The molecule has 1 N–H and O–H groups in total. The first-order valence-electron chi connectivity index (χ1n) is 6.80. The van der Waals surface area contributed by atoms with Gasteiger partial charge < -0.3 is 4.74 Å². The van der Waals surface area contributed by atoms with E-state index in [1.807, 2.05) is 48.6 Å². The molecule has 0 saturated carbocycles. The zero-order chi connectivity index (χ0) is 15.7. The molecule has 0 aliphatic heterocycles. The molecule has 0 radical (unpaired) electrons. The van der Waals surface area contributed by atoms with E-state index >= 15 is 0 Å². The van der Waals surface area contributed by atoms with E-state index in [-0.39, 0.29) is 0 Å². The van der Waals surface area contributed by atoms with Crippen LogP contribution in [0, 0.1) is 0 Å². The van der Waals surface area contributed by atoms with Crippen LogP contribution in [0.25, 0.3) is 6.08 Å². The number of hydrogen-bond donors (Lipinski definition) is 1. The van der Waals surface area contributed by atoms with Crippen molar-refractivity contribution >= 4 is 17.9 Å². The summed E-state index contributed by atoms with van der Waals surface area (Å²) >= 11 is 0. The molecule has 1 aromatic rings. The van der Waals surface area contributed by atoms with Crippen LogP contribution >= 0.6 is 0 Å². The average molecular weight is 286 g/mol. The fourth-order valence-electron chi connectivity index (χ4n) is 1.40. The lowest BCUT2D eigenvalue weighted by molar-refractivity contribution is 0.0529. The fraction of sp³-hybridized carbons (Fsp3) is 0.294. The van der Waals surface area contributed by atoms with E-state index in [1.54, 1.807) is 33.8 Å². The minimum Gasteiger partial charge on any atom is -0.443 e. The van der Waals surface area contributed by atoms with Gasteiger partial charge in [-0.15, -0.1) is 0 Å². The third-order valence-corrected chi connectivity index (χ3v) is 2.26. The summed E-state index contributed by atoms with van der Waals surface area (Å²) in [7, 11) is 0. The monoisotopic (exact) mass is 286 g/mol. The van der Waals surface area contributed by atoms with Gasteiger partial charge >= 0.3 is 6.09 Å². The minimum atomic E-state index is -0.560. The largest absolute Gasteiger partial charge is 0.443 e. The highest BCUT2D eigenvalue weighted by Gasteiger charge is 2.15. The Labute approximate surface area is 126 Å². The quantitative estimate of drug-likeness (QED) is 0.513. The smallest absolute Gasteiger partial charge is 0.428 e. The Kier molecular flexibility index (Phi) is 6.40. The molecule has 1 aromatic carbocycles. The number of nitrogens with zero attached hydrogens (tertiary/aromatic N) is 1. The van der Waals surface area contributed by atoms with Crippen molar-refractivity contribution in [2.75, 3.05) is 0 Å². The summed E-state index contributed by atoms with van der Waals surface area (Å²) in [5.74, 6) is 0. The Bertz CT molecular complexity index is 538. The molecule has 0 spiro atoms. The van der Waals surface area contributed by atoms with E-state index in [1.165, 1.54) is 0 Å². The number of benzene rings is 1. The van der Waals surface area contributed by atoms with Crippen LogP contribution in [-0.4, -0.2) is 17.4 Å². The molecule has 0 aromatic heterocycles. The van der Waals surface area contributed by atoms with Gasteiger partial charge in [-0.3, -0.25) is 0 Å². The summed E-state index contributed by atoms with van der Waals surface area (Å²) in [6.07, 6.45) is 7.02. The molecule has 1 amide bonds. The number of carbonyl (C=O) groups excluding carboxylic acids is 1. The van der Waals surface area contributed by atoms with Gasteiger partial charge in [-0.1, -0.05) is 48.6 Å². The fourth-order valence-corrected chi connectivity index (χ4v) is 1.40. The number of rotatable bonds is 4. The van der Waals surface area contributed by atoms with Crippen molar-refractivity contribution in [1.82, 2.24) is 5.43 Å². The summed E-state index contributed by atoms with van der Waals surface area (Å²) in [6.45, 7) is 7.20. The van der Waals surface area contributed by atoms with E-state index in [0.29, 0.717) is 5.71 Å². The van der Waals surface area contributed by atoms with E-state index < -0.39 is 11.7 Å². The highest BCUT2D eigenvalue weighted by Crippen LogP contribution is 2.06. The minimum absolute atomic E-state index is 0.526. The van der Waals surface area contributed by atoms with Gasteiger partial charge in [-0.25, -0.2) is 10.2 Å². The van der Waals surface area contributed by atoms with E-state index in [0.717, 1.165) is 5.56 Å². The Morgan fingerprint density at radius 1 is 1.19 bits per heavy atom. The highest BCUT2D eigenvalue weighted by molar-refractivity contribution is 5.93. The molecule has 0 fully saturated rings. The van der Waals surface area contributed by atoms with Crippen LogP contribution in [-0.2, 0) is 4.74 Å². The Hall–Kier alpha value is -2.36. The molecule has 0 heterocycles. The molecule has 0 aliphatic carbocycles. The number of carbonyl (C=O) groups is 1. The first kappa shape index (κ1) is 16.7. The van der Waals surface area contributed by atoms with Crippen LogP contribution in [0.5, 0.6) is 0 Å². The van der Waals surface area contributed by atoms with Crippen LogP contribution in [0.3, 0.4) is 0 Å². The zero-order valence-corrected chi connectivity index (χ0v) is 13.0. The normalized spacial score (nSPS) is 12.9. The van der Waals surface area contributed by atoms with E-state index in [2.05, 4.69) is 10.5 Å². The lowest BCUT2D eigenvalue weighted by atomic mass is 10.2. The first-order chi connectivity index (χ1) is 9.87. The van der Waals surface area contributed by atoms with E-state index in [4.69, 9.17) is 4.74 Å². The van der Waals surface area contributed by atoms with Crippen LogP contribution < -0.4 is 5.43 Å². The van der Waals surface area contributed by atoms with Crippen molar-refractivity contribution in [2.24, 2.45) is 5.10 Å². The van der Waals surface area contributed by atoms with Crippen molar-refractivity contribution in [3.63, 3.8) is 0 Å². The Balaban J connectivity index is 2.43. The summed E-state index contributed by atoms with van der Waals surface area (Å²) in [4.78, 5) is 11.4. The standard InChI is InChI=1S/C17H22N2O2/c1-14(18-19-16(20)21-17(2,3)4)10-8-9-13-15-11-6-5-7-12-15/h5-13H,1-4H3,(H,19,20). The predicted octanol–water partition coefficient (Wildman–Crippen LogP) is 4.16. The predicted molar refractivity (Wildman–Crippen MR) is 87.1 cm³/mol. The molecular formula is C17H22N2O2. The second kappa shape index (κ2) is 8.04. The molecule has 0 aliphatic rings. The van der Waals surface area contributed by atoms with Gasteiger partial charge in [-0.2, -0.15) is 5.10 Å². The van der Waals surface area contributed by atoms with Crippen LogP contribution in [0.1, 0.15) is 33.3 Å². The lowest BCUT2D eigenvalue weighted by Crippen LogP contribution is -2.30. The Morgan fingerprint density at radius 3 is 2.48 bits per heavy atom. The second-order valence-electron chi connectivity index (χ2n) is 5.50. The number of hydrazone groups is 1. The number of hydrogen-bond acceptors (Lipinski definition) is 3. The van der Waals surface area contributed by atoms with Crippen molar-refractivity contribution in [2.45, 2.75) is 33.3 Å². The third-order valence-electron chi connectivity index (χ3n) is 2.26. The maximum atomic E-state index is 11.4. The molecule has 21 heavy (non-hydrogen) atoms. The summed E-state index contributed by atoms with van der Waals surface area (Å²) in [6, 6.07) is 10.00. The molecule has 1 rings (SSSR count). The molecule has 0 bridgehead atoms. The summed E-state index contributed by atoms with van der Waals surface area (Å²) in [5.41, 5.74) is 3.63. The van der Waals surface area contributed by atoms with Gasteiger partial charge in [0.05, 0.1) is 5.71 Å². The van der Waals surface area contributed by atoms with Gasteiger partial charge in [0.25, 0.3) is 0 Å². The maximum Gasteiger partial charge on any atom is 0.428 e. The molecular weight excluding hydrogens is 264 g/mol. The number of ether oxygens (including phenoxy) is 1. The molecule has 4 heteroatoms. The number of nitrogens with one attached hydrogen (secondary N) is 1. The zero-order valence-electron chi connectivity index (χ0n) is 13.0. The van der Waals surface area contributed by atoms with Gasteiger partial charge in [-0.05, 0) is 39.3 Å². The Morgan fingerprint density at radius 2 is 1.86 bits per heavy atom. The molecule has 0 unspecified atom stereocenters. The highest BCUT2D eigenvalue weighted by atomic mass is 16.6. The van der Waals surface area contributed by atoms with Gasteiger partial charge in [0.1, 0.15) is 5.60 Å². The molecule has 4 nitrogen and oxygen atoms in total. The van der Waals surface area contributed by atoms with Gasteiger partial charge in [0.2, 0.25) is 0 Å². The first-order valence-corrected chi connectivity index (χ1v) is 6.80. The number of amides is 1. The van der Waals surface area contributed by atoms with Crippen molar-refractivity contribution in [3.05, 3.63) is 54.1 Å². The summed E-state index contributed by atoms with van der Waals surface area (Å²) < 4.78 is 5.08. The topological polar surface area (TPSA) is 50.7 Å². The number of allylic oxidation sites excluding steroid dienone is 3. The lowest BCUT2D eigenvalue weighted by Gasteiger charge is -2.18. The molecule has 0 saturated heterocycles. The molecule has 112 valence electrons. The van der Waals surface area contributed by atoms with Crippen molar-refractivity contribution in [3.8, 4) is 0 Å². The summed E-state index contributed by atoms with van der Waals surface area (Å²) in [5, 5.41) is 3.92. The SMILES string of the molecule is CC(C=CC=Cc1ccccc1)=NNC(=O)OC(C)(C)C. The molecule has 0 atom stereocenters. The third kappa shape index (κ3) is 8.42. The van der Waals surface area contributed by atoms with Crippen LogP contribution in [0.2, 0.25) is 0 Å². The second-order valence-corrected chi connectivity index (χ2v) is 5.50. The average Bonchev–Trinajstić information content (AvgIpc) is 2.41. The van der Waals surface area contributed by atoms with Crippen molar-refractivity contribution in [1.29, 1.82) is 0 Å². The van der Waals surface area contributed by atoms with Crippen LogP contribution in [0.4, 0.5) is 4.79 Å². The van der Waals surface area contributed by atoms with E-state index in [9.17, 15) is 4.79 Å². The maximum absolute atomic E-state index is 11.4.